The molecule has 7 rings (SSSR count). The molecule has 0 bridgehead atoms. The Bertz CT molecular complexity index is 779. The van der Waals surface area contributed by atoms with E-state index in [1.807, 2.05) is 0 Å². The van der Waals surface area contributed by atoms with Crippen LogP contribution in [0.4, 0.5) is 0 Å². The average molecular weight is 431 g/mol. The Hall–Kier alpha value is -0.460. The van der Waals surface area contributed by atoms with Crippen LogP contribution in [0.2, 0.25) is 0 Å². The van der Waals surface area contributed by atoms with Gasteiger partial charge in [0.1, 0.15) is 0 Å². The van der Waals surface area contributed by atoms with Gasteiger partial charge >= 0.3 is 0 Å². The topological polar surface area (TPSA) is 49.5 Å². The second kappa shape index (κ2) is 6.35. The minimum Gasteiger partial charge on any atom is -0.372 e. The summed E-state index contributed by atoms with van der Waals surface area (Å²) in [5.74, 6) is 2.09. The summed E-state index contributed by atoms with van der Waals surface area (Å²) in [7, 11) is 0. The minimum atomic E-state index is -0.485. The third-order valence-electron chi connectivity index (χ3n) is 11.3. The molecule has 4 aliphatic carbocycles. The van der Waals surface area contributed by atoms with Crippen molar-refractivity contribution in [3.05, 3.63) is 12.2 Å². The lowest BCUT2D eigenvalue weighted by atomic mass is 9.42. The molecular formula is C26H38O5. The summed E-state index contributed by atoms with van der Waals surface area (Å²) in [4.78, 5) is 0. The van der Waals surface area contributed by atoms with E-state index >= 15 is 0 Å². The van der Waals surface area contributed by atoms with E-state index in [-0.39, 0.29) is 28.6 Å². The lowest BCUT2D eigenvalue weighted by molar-refractivity contribution is -0.259. The van der Waals surface area contributed by atoms with Gasteiger partial charge in [-0.1, -0.05) is 26.0 Å². The van der Waals surface area contributed by atoms with E-state index in [9.17, 15) is 0 Å². The average Bonchev–Trinajstić information content (AvgIpc) is 3.16. The standard InChI is InChI=1S/C26H38O5/c1-16-22(21-15-27-21)25(28-10-11-29-25)14-17-4-5-18-19-7-9-26(30-12-13-31-26)23(19,2)8-6-20(18)24(16,17)3/h17-22H,1,4-15H2,2-3H3/t17-,18-,19-,20-,21?,22?,23-,24-/m0/s1. The first-order valence-corrected chi connectivity index (χ1v) is 12.8. The van der Waals surface area contributed by atoms with Crippen LogP contribution in [0.3, 0.4) is 0 Å². The van der Waals surface area contributed by atoms with Crippen LogP contribution in [0, 0.1) is 40.4 Å². The Morgan fingerprint density at radius 2 is 1.52 bits per heavy atom. The van der Waals surface area contributed by atoms with Crippen LogP contribution in [0.1, 0.15) is 58.8 Å². The van der Waals surface area contributed by atoms with Crippen LogP contribution in [0.25, 0.3) is 0 Å². The Balaban J connectivity index is 1.24. The Kier molecular flexibility index (Phi) is 4.09. The summed E-state index contributed by atoms with van der Waals surface area (Å²) in [5.41, 5.74) is 1.67. The fourth-order valence-electron chi connectivity index (χ4n) is 9.73. The van der Waals surface area contributed by atoms with E-state index in [1.165, 1.54) is 37.7 Å². The van der Waals surface area contributed by atoms with Crippen molar-refractivity contribution in [2.45, 2.75) is 76.5 Å². The molecule has 2 unspecified atom stereocenters. The van der Waals surface area contributed by atoms with E-state index in [0.29, 0.717) is 31.0 Å². The lowest BCUT2D eigenvalue weighted by Crippen LogP contribution is -2.62. The molecule has 3 aliphatic heterocycles. The molecule has 5 nitrogen and oxygen atoms in total. The molecule has 0 radical (unpaired) electrons. The minimum absolute atomic E-state index is 0.147. The van der Waals surface area contributed by atoms with E-state index in [2.05, 4.69) is 13.8 Å². The van der Waals surface area contributed by atoms with Crippen molar-refractivity contribution in [1.29, 1.82) is 0 Å². The summed E-state index contributed by atoms with van der Waals surface area (Å²) in [6.45, 7) is 13.6. The first kappa shape index (κ1) is 20.0. The normalized spacial score (nSPS) is 54.1. The number of epoxide rings is 1. The smallest absolute Gasteiger partial charge is 0.177 e. The first-order valence-electron chi connectivity index (χ1n) is 12.8. The molecule has 4 saturated carbocycles. The van der Waals surface area contributed by atoms with Gasteiger partial charge in [0, 0.05) is 18.3 Å². The number of rotatable bonds is 1. The zero-order valence-electron chi connectivity index (χ0n) is 19.2. The molecule has 0 amide bonds. The molecule has 7 aliphatic rings. The molecule has 0 aromatic rings. The summed E-state index contributed by atoms with van der Waals surface area (Å²) in [6.07, 6.45) is 8.59. The highest BCUT2D eigenvalue weighted by molar-refractivity contribution is 5.29. The maximum absolute atomic E-state index is 6.35. The third-order valence-corrected chi connectivity index (χ3v) is 11.3. The van der Waals surface area contributed by atoms with Gasteiger partial charge in [0.25, 0.3) is 0 Å². The largest absolute Gasteiger partial charge is 0.372 e. The summed E-state index contributed by atoms with van der Waals surface area (Å²) in [6, 6.07) is 0. The van der Waals surface area contributed by atoms with Crippen molar-refractivity contribution in [1.82, 2.24) is 0 Å². The van der Waals surface area contributed by atoms with Crippen molar-refractivity contribution >= 4 is 0 Å². The molecule has 8 atom stereocenters. The molecular weight excluding hydrogens is 392 g/mol. The predicted octanol–water partition coefficient (Wildman–Crippen LogP) is 4.31. The Morgan fingerprint density at radius 1 is 0.839 bits per heavy atom. The van der Waals surface area contributed by atoms with Gasteiger partial charge < -0.3 is 23.7 Å². The van der Waals surface area contributed by atoms with Crippen molar-refractivity contribution in [2.75, 3.05) is 33.0 Å². The summed E-state index contributed by atoms with van der Waals surface area (Å²) < 4.78 is 31.2. The quantitative estimate of drug-likeness (QED) is 0.458. The van der Waals surface area contributed by atoms with Gasteiger partial charge in [0.2, 0.25) is 0 Å². The van der Waals surface area contributed by atoms with E-state index < -0.39 is 5.79 Å². The van der Waals surface area contributed by atoms with Gasteiger partial charge in [-0.2, -0.15) is 0 Å². The second-order valence-corrected chi connectivity index (χ2v) is 12.0. The van der Waals surface area contributed by atoms with Gasteiger partial charge in [-0.05, 0) is 61.2 Å². The van der Waals surface area contributed by atoms with Crippen LogP contribution in [-0.4, -0.2) is 50.7 Å². The number of ether oxygens (including phenoxy) is 5. The maximum Gasteiger partial charge on any atom is 0.177 e. The molecule has 3 heterocycles. The molecule has 5 heteroatoms. The van der Waals surface area contributed by atoms with Crippen molar-refractivity contribution in [3.63, 3.8) is 0 Å². The van der Waals surface area contributed by atoms with Crippen LogP contribution in [0.15, 0.2) is 12.2 Å². The monoisotopic (exact) mass is 430 g/mol. The second-order valence-electron chi connectivity index (χ2n) is 12.0. The fraction of sp³-hybridized carbons (Fsp3) is 0.923. The maximum atomic E-state index is 6.35. The highest BCUT2D eigenvalue weighted by Gasteiger charge is 2.70. The number of fused-ring (bicyclic) bond motifs is 6. The molecule has 0 aromatic heterocycles. The number of hydrogen-bond acceptors (Lipinski definition) is 5. The summed E-state index contributed by atoms with van der Waals surface area (Å²) in [5, 5.41) is 0. The van der Waals surface area contributed by atoms with Crippen molar-refractivity contribution < 1.29 is 23.7 Å². The van der Waals surface area contributed by atoms with E-state index in [1.54, 1.807) is 0 Å². The molecule has 172 valence electrons. The molecule has 31 heavy (non-hydrogen) atoms. The Morgan fingerprint density at radius 3 is 2.23 bits per heavy atom. The van der Waals surface area contributed by atoms with Gasteiger partial charge in [-0.3, -0.25) is 0 Å². The Labute approximate surface area is 186 Å². The highest BCUT2D eigenvalue weighted by Crippen LogP contribution is 2.72. The predicted molar refractivity (Wildman–Crippen MR) is 114 cm³/mol. The van der Waals surface area contributed by atoms with Crippen LogP contribution < -0.4 is 0 Å². The van der Waals surface area contributed by atoms with Gasteiger partial charge in [-0.15, -0.1) is 0 Å². The fourth-order valence-corrected chi connectivity index (χ4v) is 9.73. The molecule has 2 spiro atoms. The van der Waals surface area contributed by atoms with Gasteiger partial charge in [0.15, 0.2) is 11.6 Å². The molecule has 0 aromatic carbocycles. The van der Waals surface area contributed by atoms with Crippen LogP contribution >= 0.6 is 0 Å². The first-order chi connectivity index (χ1) is 14.9. The summed E-state index contributed by atoms with van der Waals surface area (Å²) >= 11 is 0. The highest BCUT2D eigenvalue weighted by atomic mass is 16.7. The third kappa shape index (κ3) is 2.35. The van der Waals surface area contributed by atoms with E-state index in [4.69, 9.17) is 30.3 Å². The van der Waals surface area contributed by atoms with Crippen LogP contribution in [-0.2, 0) is 23.7 Å². The molecule has 3 saturated heterocycles. The van der Waals surface area contributed by atoms with Gasteiger partial charge in [0.05, 0.1) is 45.1 Å². The lowest BCUT2D eigenvalue weighted by Gasteiger charge is -2.64. The molecule has 0 N–H and O–H groups in total. The van der Waals surface area contributed by atoms with Crippen molar-refractivity contribution in [2.24, 2.45) is 40.4 Å². The zero-order valence-corrected chi connectivity index (χ0v) is 19.2. The van der Waals surface area contributed by atoms with Gasteiger partial charge in [-0.25, -0.2) is 0 Å². The van der Waals surface area contributed by atoms with Crippen molar-refractivity contribution in [3.8, 4) is 0 Å². The van der Waals surface area contributed by atoms with E-state index in [0.717, 1.165) is 38.6 Å². The number of hydrogen-bond donors (Lipinski definition) is 0. The molecule has 7 fully saturated rings. The zero-order chi connectivity index (χ0) is 21.1. The SMILES string of the molecule is C=C1C(C2CO2)C2(C[C@@H]3CC[C@@H]4[C@H](CC[C@@]5(C)[C@H]4CCC54OCCO4)[C@@]13C)OCCO2. The van der Waals surface area contributed by atoms with Crippen LogP contribution in [0.5, 0.6) is 0 Å².